The highest BCUT2D eigenvalue weighted by Crippen LogP contribution is 2.00. The predicted octanol–water partition coefficient (Wildman–Crippen LogP) is 2.43. The van der Waals surface area contributed by atoms with Crippen LogP contribution in [0.2, 0.25) is 0 Å². The molecule has 1 heterocycles. The topological polar surface area (TPSA) is 29.9 Å². The molecule has 1 aromatic rings. The highest BCUT2D eigenvalue weighted by molar-refractivity contribution is 5.03. The summed E-state index contributed by atoms with van der Waals surface area (Å²) in [6.07, 6.45) is 6.47. The number of hydrogen-bond donors (Lipinski definition) is 1. The van der Waals surface area contributed by atoms with Crippen molar-refractivity contribution in [2.45, 2.75) is 46.7 Å². The van der Waals surface area contributed by atoms with E-state index in [1.807, 2.05) is 10.9 Å². The third kappa shape index (κ3) is 4.98. The summed E-state index contributed by atoms with van der Waals surface area (Å²) >= 11 is 0. The van der Waals surface area contributed by atoms with Crippen molar-refractivity contribution in [3.63, 3.8) is 0 Å². The van der Waals surface area contributed by atoms with Gasteiger partial charge >= 0.3 is 0 Å². The molecule has 0 amide bonds. The number of aryl methyl sites for hydroxylation is 1. The van der Waals surface area contributed by atoms with Gasteiger partial charge in [0.05, 0.1) is 6.20 Å². The zero-order valence-corrected chi connectivity index (χ0v) is 10.2. The maximum absolute atomic E-state index is 4.30. The van der Waals surface area contributed by atoms with E-state index in [-0.39, 0.29) is 0 Å². The van der Waals surface area contributed by atoms with Crippen molar-refractivity contribution in [2.24, 2.45) is 5.92 Å². The largest absolute Gasteiger partial charge is 0.313 e. The summed E-state index contributed by atoms with van der Waals surface area (Å²) < 4.78 is 2.01. The van der Waals surface area contributed by atoms with E-state index in [1.165, 1.54) is 12.0 Å². The summed E-state index contributed by atoms with van der Waals surface area (Å²) in [6, 6.07) is 0. The first-order valence-electron chi connectivity index (χ1n) is 5.94. The van der Waals surface area contributed by atoms with Crippen molar-refractivity contribution in [3.8, 4) is 0 Å². The molecule has 15 heavy (non-hydrogen) atoms. The molecule has 0 aliphatic carbocycles. The fourth-order valence-electron chi connectivity index (χ4n) is 1.47. The maximum Gasteiger partial charge on any atom is 0.0534 e. The van der Waals surface area contributed by atoms with E-state index in [9.17, 15) is 0 Å². The Morgan fingerprint density at radius 1 is 1.47 bits per heavy atom. The van der Waals surface area contributed by atoms with Gasteiger partial charge in [-0.15, -0.1) is 0 Å². The van der Waals surface area contributed by atoms with Crippen LogP contribution in [0, 0.1) is 5.92 Å². The predicted molar refractivity (Wildman–Crippen MR) is 63.7 cm³/mol. The molecule has 0 bridgehead atoms. The zero-order valence-electron chi connectivity index (χ0n) is 10.2. The van der Waals surface area contributed by atoms with Gasteiger partial charge in [-0.2, -0.15) is 5.10 Å². The first-order valence-corrected chi connectivity index (χ1v) is 5.94. The Labute approximate surface area is 92.9 Å². The Kier molecular flexibility index (Phi) is 5.40. The van der Waals surface area contributed by atoms with E-state index in [0.29, 0.717) is 0 Å². The lowest BCUT2D eigenvalue weighted by Gasteiger charge is -2.05. The van der Waals surface area contributed by atoms with Crippen LogP contribution in [0.1, 0.15) is 39.2 Å². The Bertz CT molecular complexity index is 266. The molecule has 3 heteroatoms. The highest BCUT2D eigenvalue weighted by Gasteiger charge is 1.98. The molecule has 0 atom stereocenters. The van der Waals surface area contributed by atoms with Gasteiger partial charge in [-0.1, -0.05) is 20.8 Å². The molecule has 1 N–H and O–H groups in total. The molecular weight excluding hydrogens is 186 g/mol. The van der Waals surface area contributed by atoms with Crippen LogP contribution in [0.3, 0.4) is 0 Å². The van der Waals surface area contributed by atoms with E-state index < -0.39 is 0 Å². The normalized spacial score (nSPS) is 11.2. The van der Waals surface area contributed by atoms with Gasteiger partial charge in [-0.25, -0.2) is 0 Å². The first-order chi connectivity index (χ1) is 7.22. The van der Waals surface area contributed by atoms with Crippen LogP contribution < -0.4 is 5.32 Å². The molecule has 1 rings (SSSR count). The molecule has 0 unspecified atom stereocenters. The second-order valence-corrected chi connectivity index (χ2v) is 4.47. The van der Waals surface area contributed by atoms with Crippen molar-refractivity contribution in [2.75, 3.05) is 6.54 Å². The fourth-order valence-corrected chi connectivity index (χ4v) is 1.47. The molecule has 86 valence electrons. The van der Waals surface area contributed by atoms with E-state index in [2.05, 4.69) is 37.4 Å². The van der Waals surface area contributed by atoms with Gasteiger partial charge in [0.2, 0.25) is 0 Å². The number of aromatic nitrogens is 2. The van der Waals surface area contributed by atoms with Crippen LogP contribution in [-0.2, 0) is 13.1 Å². The van der Waals surface area contributed by atoms with Crippen molar-refractivity contribution < 1.29 is 0 Å². The first kappa shape index (κ1) is 12.2. The van der Waals surface area contributed by atoms with Crippen LogP contribution in [0.25, 0.3) is 0 Å². The van der Waals surface area contributed by atoms with Gasteiger partial charge in [0.1, 0.15) is 0 Å². The second kappa shape index (κ2) is 6.62. The minimum absolute atomic E-state index is 0.778. The van der Waals surface area contributed by atoms with Crippen molar-refractivity contribution in [1.82, 2.24) is 15.1 Å². The lowest BCUT2D eigenvalue weighted by molar-refractivity contribution is 0.537. The van der Waals surface area contributed by atoms with Gasteiger partial charge in [0.15, 0.2) is 0 Å². The van der Waals surface area contributed by atoms with Crippen LogP contribution in [0.5, 0.6) is 0 Å². The van der Waals surface area contributed by atoms with Crippen molar-refractivity contribution in [3.05, 3.63) is 18.0 Å². The van der Waals surface area contributed by atoms with Crippen LogP contribution in [0.4, 0.5) is 0 Å². The summed E-state index contributed by atoms with van der Waals surface area (Å²) in [5.74, 6) is 0.778. The average Bonchev–Trinajstić information content (AvgIpc) is 2.61. The highest BCUT2D eigenvalue weighted by atomic mass is 15.3. The molecule has 1 aromatic heterocycles. The van der Waals surface area contributed by atoms with E-state index in [1.54, 1.807) is 0 Å². The lowest BCUT2D eigenvalue weighted by atomic mass is 10.1. The summed E-state index contributed by atoms with van der Waals surface area (Å²) in [5, 5.41) is 7.73. The van der Waals surface area contributed by atoms with Gasteiger partial charge < -0.3 is 5.32 Å². The number of hydrogen-bond acceptors (Lipinski definition) is 2. The summed E-state index contributed by atoms with van der Waals surface area (Å²) in [6.45, 7) is 9.73. The van der Waals surface area contributed by atoms with E-state index in [4.69, 9.17) is 0 Å². The number of nitrogens with zero attached hydrogens (tertiary/aromatic N) is 2. The molecule has 0 aliphatic heterocycles. The number of nitrogens with one attached hydrogen (secondary N) is 1. The Balaban J connectivity index is 2.19. The quantitative estimate of drug-likeness (QED) is 0.699. The average molecular weight is 209 g/mol. The third-order valence-electron chi connectivity index (χ3n) is 2.37. The second-order valence-electron chi connectivity index (χ2n) is 4.47. The van der Waals surface area contributed by atoms with Crippen LogP contribution in [0.15, 0.2) is 12.4 Å². The molecular formula is C12H23N3. The minimum Gasteiger partial charge on any atom is -0.313 e. The Morgan fingerprint density at radius 3 is 2.93 bits per heavy atom. The standard InChI is InChI=1S/C12H23N3/c1-4-7-15-10-12(9-14-15)8-13-6-5-11(2)3/h9-11,13H,4-8H2,1-3H3. The smallest absolute Gasteiger partial charge is 0.0534 e. The Morgan fingerprint density at radius 2 is 2.27 bits per heavy atom. The SMILES string of the molecule is CCCn1cc(CNCCC(C)C)cn1. The summed E-state index contributed by atoms with van der Waals surface area (Å²) in [7, 11) is 0. The molecule has 0 radical (unpaired) electrons. The molecule has 0 saturated carbocycles. The maximum atomic E-state index is 4.30. The molecule has 0 spiro atoms. The minimum atomic E-state index is 0.778. The summed E-state index contributed by atoms with van der Waals surface area (Å²) in [5.41, 5.74) is 1.28. The van der Waals surface area contributed by atoms with Crippen LogP contribution >= 0.6 is 0 Å². The fraction of sp³-hybridized carbons (Fsp3) is 0.750. The molecule has 0 aromatic carbocycles. The van der Waals surface area contributed by atoms with Crippen molar-refractivity contribution >= 4 is 0 Å². The van der Waals surface area contributed by atoms with Gasteiger partial charge in [-0.05, 0) is 25.3 Å². The van der Waals surface area contributed by atoms with E-state index in [0.717, 1.165) is 32.0 Å². The van der Waals surface area contributed by atoms with Crippen molar-refractivity contribution in [1.29, 1.82) is 0 Å². The van der Waals surface area contributed by atoms with Gasteiger partial charge in [0.25, 0.3) is 0 Å². The monoisotopic (exact) mass is 209 g/mol. The zero-order chi connectivity index (χ0) is 11.1. The van der Waals surface area contributed by atoms with Crippen LogP contribution in [-0.4, -0.2) is 16.3 Å². The van der Waals surface area contributed by atoms with Gasteiger partial charge in [-0.3, -0.25) is 4.68 Å². The van der Waals surface area contributed by atoms with E-state index >= 15 is 0 Å². The third-order valence-corrected chi connectivity index (χ3v) is 2.37. The lowest BCUT2D eigenvalue weighted by Crippen LogP contribution is -2.15. The van der Waals surface area contributed by atoms with Gasteiger partial charge in [0, 0.05) is 24.8 Å². The molecule has 3 nitrogen and oxygen atoms in total. The summed E-state index contributed by atoms with van der Waals surface area (Å²) in [4.78, 5) is 0. The number of rotatable bonds is 7. The molecule has 0 aliphatic rings. The molecule has 0 saturated heterocycles. The molecule has 0 fully saturated rings. The Hall–Kier alpha value is -0.830.